The molecule has 4 rings (SSSR count). The van der Waals surface area contributed by atoms with Gasteiger partial charge in [0.1, 0.15) is 17.5 Å². The first kappa shape index (κ1) is 20.0. The molecule has 2 heterocycles. The van der Waals surface area contributed by atoms with Crippen molar-refractivity contribution in [1.82, 2.24) is 15.2 Å². The van der Waals surface area contributed by atoms with Crippen molar-refractivity contribution in [2.24, 2.45) is 0 Å². The molecule has 0 bridgehead atoms. The monoisotopic (exact) mass is 402 g/mol. The third-order valence-electron chi connectivity index (χ3n) is 5.38. The maximum Gasteiger partial charge on any atom is 0.302 e. The molecule has 3 aromatic rings. The summed E-state index contributed by atoms with van der Waals surface area (Å²) in [5.41, 5.74) is 6.01. The molecule has 1 saturated heterocycles. The molecule has 1 aromatic heterocycles. The Kier molecular flexibility index (Phi) is 5.74. The SMILES string of the molecule is CC(=O)OC1CCN(c2nnc(-c3ccc(C)cc3)c(-c3ccc(C)cc3)n2)CC1. The quantitative estimate of drug-likeness (QED) is 0.604. The fraction of sp³-hybridized carbons (Fsp3) is 0.333. The summed E-state index contributed by atoms with van der Waals surface area (Å²) in [5.74, 6) is 0.387. The first-order valence-electron chi connectivity index (χ1n) is 10.3. The van der Waals surface area contributed by atoms with Crippen LogP contribution in [0.1, 0.15) is 30.9 Å². The zero-order valence-electron chi connectivity index (χ0n) is 17.6. The largest absolute Gasteiger partial charge is 0.462 e. The number of nitrogens with zero attached hydrogens (tertiary/aromatic N) is 4. The number of carbonyl (C=O) groups excluding carboxylic acids is 1. The van der Waals surface area contributed by atoms with Crippen LogP contribution in [-0.2, 0) is 9.53 Å². The Morgan fingerprint density at radius 1 is 0.867 bits per heavy atom. The van der Waals surface area contributed by atoms with Gasteiger partial charge in [0, 0.05) is 44.0 Å². The molecule has 0 aliphatic carbocycles. The smallest absolute Gasteiger partial charge is 0.302 e. The lowest BCUT2D eigenvalue weighted by atomic mass is 10.0. The summed E-state index contributed by atoms with van der Waals surface area (Å²) in [6.07, 6.45) is 1.50. The van der Waals surface area contributed by atoms with Crippen molar-refractivity contribution in [2.45, 2.75) is 39.7 Å². The summed E-state index contributed by atoms with van der Waals surface area (Å²) >= 11 is 0. The molecule has 0 atom stereocenters. The topological polar surface area (TPSA) is 68.2 Å². The second-order valence-corrected chi connectivity index (χ2v) is 7.84. The summed E-state index contributed by atoms with van der Waals surface area (Å²) in [6, 6.07) is 16.6. The summed E-state index contributed by atoms with van der Waals surface area (Å²) in [6.45, 7) is 7.06. The molecular weight excluding hydrogens is 376 g/mol. The molecule has 0 saturated carbocycles. The Morgan fingerprint density at radius 2 is 1.40 bits per heavy atom. The lowest BCUT2D eigenvalue weighted by Crippen LogP contribution is -2.38. The minimum atomic E-state index is -0.226. The van der Waals surface area contributed by atoms with Crippen LogP contribution in [-0.4, -0.2) is 40.3 Å². The summed E-state index contributed by atoms with van der Waals surface area (Å²) in [4.78, 5) is 18.3. The molecule has 1 fully saturated rings. The minimum Gasteiger partial charge on any atom is -0.462 e. The molecule has 6 heteroatoms. The maximum absolute atomic E-state index is 11.2. The molecule has 0 unspecified atom stereocenters. The van der Waals surface area contributed by atoms with Gasteiger partial charge < -0.3 is 9.64 Å². The van der Waals surface area contributed by atoms with Gasteiger partial charge in [-0.1, -0.05) is 59.7 Å². The van der Waals surface area contributed by atoms with Gasteiger partial charge >= 0.3 is 5.97 Å². The number of ether oxygens (including phenoxy) is 1. The van der Waals surface area contributed by atoms with Gasteiger partial charge in [-0.25, -0.2) is 4.98 Å². The molecule has 0 radical (unpaired) electrons. The summed E-state index contributed by atoms with van der Waals surface area (Å²) < 4.78 is 5.34. The lowest BCUT2D eigenvalue weighted by Gasteiger charge is -2.31. The number of hydrogen-bond acceptors (Lipinski definition) is 6. The van der Waals surface area contributed by atoms with Gasteiger partial charge in [0.05, 0.1) is 0 Å². The zero-order chi connectivity index (χ0) is 21.1. The van der Waals surface area contributed by atoms with Crippen molar-refractivity contribution in [2.75, 3.05) is 18.0 Å². The highest BCUT2D eigenvalue weighted by Crippen LogP contribution is 2.30. The van der Waals surface area contributed by atoms with Crippen LogP contribution in [0.5, 0.6) is 0 Å². The van der Waals surface area contributed by atoms with E-state index in [1.807, 2.05) is 0 Å². The van der Waals surface area contributed by atoms with Gasteiger partial charge in [0.15, 0.2) is 0 Å². The molecule has 0 amide bonds. The van der Waals surface area contributed by atoms with Crippen LogP contribution in [0.25, 0.3) is 22.5 Å². The molecule has 6 nitrogen and oxygen atoms in total. The number of esters is 1. The average molecular weight is 402 g/mol. The van der Waals surface area contributed by atoms with Crippen molar-refractivity contribution in [3.05, 3.63) is 59.7 Å². The molecule has 30 heavy (non-hydrogen) atoms. The number of carbonyl (C=O) groups is 1. The Balaban J connectivity index is 1.67. The molecule has 154 valence electrons. The number of benzene rings is 2. The van der Waals surface area contributed by atoms with Crippen molar-refractivity contribution in [3.8, 4) is 22.5 Å². The van der Waals surface area contributed by atoms with Crippen LogP contribution in [0.4, 0.5) is 5.95 Å². The van der Waals surface area contributed by atoms with E-state index in [9.17, 15) is 4.79 Å². The number of rotatable bonds is 4. The Bertz CT molecular complexity index is 1020. The Labute approximate surface area is 176 Å². The van der Waals surface area contributed by atoms with Gasteiger partial charge in [-0.15, -0.1) is 10.2 Å². The van der Waals surface area contributed by atoms with Crippen molar-refractivity contribution in [1.29, 1.82) is 0 Å². The molecular formula is C24H26N4O2. The van der Waals surface area contributed by atoms with Crippen LogP contribution in [0.2, 0.25) is 0 Å². The second-order valence-electron chi connectivity index (χ2n) is 7.84. The van der Waals surface area contributed by atoms with E-state index in [2.05, 4.69) is 77.5 Å². The minimum absolute atomic E-state index is 0.0323. The van der Waals surface area contributed by atoms with E-state index >= 15 is 0 Å². The Morgan fingerprint density at radius 3 is 1.93 bits per heavy atom. The fourth-order valence-electron chi connectivity index (χ4n) is 3.68. The van der Waals surface area contributed by atoms with Crippen LogP contribution in [0, 0.1) is 13.8 Å². The fourth-order valence-corrected chi connectivity index (χ4v) is 3.68. The van der Waals surface area contributed by atoms with Crippen LogP contribution < -0.4 is 4.90 Å². The van der Waals surface area contributed by atoms with Crippen molar-refractivity contribution in [3.63, 3.8) is 0 Å². The third-order valence-corrected chi connectivity index (χ3v) is 5.38. The highest BCUT2D eigenvalue weighted by atomic mass is 16.5. The molecule has 0 N–H and O–H groups in total. The normalized spacial score (nSPS) is 14.6. The average Bonchev–Trinajstić information content (AvgIpc) is 2.75. The number of aromatic nitrogens is 3. The van der Waals surface area contributed by atoms with E-state index in [4.69, 9.17) is 9.72 Å². The maximum atomic E-state index is 11.2. The molecule has 1 aliphatic heterocycles. The number of anilines is 1. The predicted molar refractivity (Wildman–Crippen MR) is 117 cm³/mol. The van der Waals surface area contributed by atoms with Gasteiger partial charge in [0.2, 0.25) is 5.95 Å². The van der Waals surface area contributed by atoms with E-state index < -0.39 is 0 Å². The zero-order valence-corrected chi connectivity index (χ0v) is 17.6. The van der Waals surface area contributed by atoms with Crippen LogP contribution in [0.3, 0.4) is 0 Å². The molecule has 0 spiro atoms. The van der Waals surface area contributed by atoms with Crippen LogP contribution in [0.15, 0.2) is 48.5 Å². The van der Waals surface area contributed by atoms with Crippen molar-refractivity contribution < 1.29 is 9.53 Å². The van der Waals surface area contributed by atoms with Gasteiger partial charge in [-0.2, -0.15) is 0 Å². The van der Waals surface area contributed by atoms with Gasteiger partial charge in [0.25, 0.3) is 0 Å². The van der Waals surface area contributed by atoms with Gasteiger partial charge in [-0.3, -0.25) is 4.79 Å². The van der Waals surface area contributed by atoms with E-state index in [0.717, 1.165) is 48.4 Å². The number of aryl methyl sites for hydroxylation is 2. The van der Waals surface area contributed by atoms with Crippen LogP contribution >= 0.6 is 0 Å². The first-order chi connectivity index (χ1) is 14.5. The summed E-state index contributed by atoms with van der Waals surface area (Å²) in [7, 11) is 0. The van der Waals surface area contributed by atoms with Crippen molar-refractivity contribution >= 4 is 11.9 Å². The number of piperidine rings is 1. The van der Waals surface area contributed by atoms with E-state index in [-0.39, 0.29) is 12.1 Å². The van der Waals surface area contributed by atoms with E-state index in [1.54, 1.807) is 0 Å². The lowest BCUT2D eigenvalue weighted by molar-refractivity contribution is -0.147. The highest BCUT2D eigenvalue weighted by molar-refractivity contribution is 5.78. The highest BCUT2D eigenvalue weighted by Gasteiger charge is 2.24. The van der Waals surface area contributed by atoms with E-state index in [1.165, 1.54) is 18.1 Å². The Hall–Kier alpha value is -3.28. The second kappa shape index (κ2) is 8.61. The standard InChI is InChI=1S/C24H26N4O2/c1-16-4-8-19(9-5-16)22-23(20-10-6-17(2)7-11-20)26-27-24(25-22)28-14-12-21(13-15-28)30-18(3)29/h4-11,21H,12-15H2,1-3H3. The third kappa shape index (κ3) is 4.48. The molecule has 1 aliphatic rings. The van der Waals surface area contributed by atoms with E-state index in [0.29, 0.717) is 5.95 Å². The van der Waals surface area contributed by atoms with Gasteiger partial charge in [-0.05, 0) is 13.8 Å². The summed E-state index contributed by atoms with van der Waals surface area (Å²) in [5, 5.41) is 9.03. The first-order valence-corrected chi connectivity index (χ1v) is 10.3. The molecule has 2 aromatic carbocycles. The number of hydrogen-bond donors (Lipinski definition) is 0. The predicted octanol–water partition coefficient (Wildman–Crippen LogP) is 4.35.